The molecule has 2 bridgehead atoms. The van der Waals surface area contributed by atoms with Crippen molar-refractivity contribution in [3.05, 3.63) is 58.1 Å². The minimum absolute atomic E-state index is 0.00758. The van der Waals surface area contributed by atoms with E-state index < -0.39 is 43.6 Å². The molecule has 0 unspecified atom stereocenters. The van der Waals surface area contributed by atoms with Crippen molar-refractivity contribution in [1.82, 2.24) is 0 Å². The van der Waals surface area contributed by atoms with Gasteiger partial charge in [0.05, 0.1) is 53.1 Å². The van der Waals surface area contributed by atoms with E-state index in [2.05, 4.69) is 5.32 Å². The first kappa shape index (κ1) is 26.7. The van der Waals surface area contributed by atoms with E-state index >= 15 is 0 Å². The number of hydrogen-bond donors (Lipinski definition) is 1. The molecule has 13 heteroatoms. The molecule has 0 radical (unpaired) electrons. The van der Waals surface area contributed by atoms with Crippen LogP contribution in [0.4, 0.5) is 11.4 Å². The summed E-state index contributed by atoms with van der Waals surface area (Å²) in [5, 5.41) is 2.33. The Labute approximate surface area is 241 Å². The quantitative estimate of drug-likeness (QED) is 0.330. The highest BCUT2D eigenvalue weighted by molar-refractivity contribution is 6.67. The second-order valence-corrected chi connectivity index (χ2v) is 11.9. The summed E-state index contributed by atoms with van der Waals surface area (Å²) in [6.45, 7) is 0. The molecule has 0 aromatic heterocycles. The molecule has 1 saturated carbocycles. The number of benzene rings is 2. The van der Waals surface area contributed by atoms with Crippen LogP contribution in [0.1, 0.15) is 10.4 Å². The Hall–Kier alpha value is -1.87. The van der Waals surface area contributed by atoms with Crippen LogP contribution in [0.25, 0.3) is 0 Å². The van der Waals surface area contributed by atoms with Crippen LogP contribution >= 0.6 is 69.6 Å². The zero-order valence-corrected chi connectivity index (χ0v) is 23.5. The van der Waals surface area contributed by atoms with Gasteiger partial charge in [0.1, 0.15) is 21.2 Å². The fraction of sp³-hybridized carbons (Fsp3) is 0.292. The monoisotopic (exact) mass is 622 g/mol. The predicted octanol–water partition coefficient (Wildman–Crippen LogP) is 5.91. The first-order chi connectivity index (χ1) is 17.4. The van der Waals surface area contributed by atoms with Crippen molar-refractivity contribution in [2.45, 2.75) is 14.1 Å². The smallest absolute Gasteiger partial charge is 0.257 e. The van der Waals surface area contributed by atoms with Crippen LogP contribution in [0.5, 0.6) is 11.5 Å². The number of methoxy groups -OCH3 is 2. The number of ether oxygens (including phenoxy) is 2. The summed E-state index contributed by atoms with van der Waals surface area (Å²) in [4.78, 5) is 37.8. The van der Waals surface area contributed by atoms with Crippen LogP contribution in [0.2, 0.25) is 0 Å². The molecule has 2 aromatic rings. The molecule has 37 heavy (non-hydrogen) atoms. The highest BCUT2D eigenvalue weighted by atomic mass is 35.5. The number of halogens is 6. The summed E-state index contributed by atoms with van der Waals surface area (Å²) in [5.74, 6) is -3.95. The number of allylic oxidation sites excluding steroid dienone is 2. The predicted molar refractivity (Wildman–Crippen MR) is 144 cm³/mol. The lowest BCUT2D eigenvalue weighted by Crippen LogP contribution is -2.50. The number of nitrogens with zero attached hydrogens (tertiary/aromatic N) is 1. The Morgan fingerprint density at radius 2 is 1.46 bits per heavy atom. The number of amides is 3. The second-order valence-electron chi connectivity index (χ2n) is 8.63. The Kier molecular flexibility index (Phi) is 6.38. The van der Waals surface area contributed by atoms with Crippen LogP contribution < -0.4 is 19.7 Å². The van der Waals surface area contributed by atoms with E-state index in [-0.39, 0.29) is 21.3 Å². The molecule has 2 fully saturated rings. The Bertz CT molecular complexity index is 1370. The number of carbonyl (C=O) groups excluding carboxylic acids is 3. The molecule has 2 aliphatic carbocycles. The van der Waals surface area contributed by atoms with Crippen molar-refractivity contribution in [3.63, 3.8) is 0 Å². The van der Waals surface area contributed by atoms with Gasteiger partial charge in [-0.05, 0) is 24.3 Å². The zero-order chi connectivity index (χ0) is 27.1. The van der Waals surface area contributed by atoms with Crippen molar-refractivity contribution >= 4 is 98.7 Å². The second kappa shape index (κ2) is 8.83. The first-order valence-electron chi connectivity index (χ1n) is 10.7. The van der Waals surface area contributed by atoms with E-state index in [0.29, 0.717) is 17.2 Å². The highest BCUT2D eigenvalue weighted by Gasteiger charge is 2.87. The average molecular weight is 625 g/mol. The lowest BCUT2D eigenvalue weighted by molar-refractivity contribution is -0.123. The molecule has 1 N–H and O–H groups in total. The molecule has 0 spiro atoms. The van der Waals surface area contributed by atoms with Gasteiger partial charge in [0.25, 0.3) is 5.91 Å². The SMILES string of the molecule is COc1ccc(OC)c(NC(=O)c2ccccc2N2C(=O)[C@@H]3[C@@H](C2=O)[C@@]2(Cl)C(Cl)=C(Cl)[C@@]3(Cl)C2(Cl)Cl)c1. The number of nitrogens with one attached hydrogen (secondary N) is 1. The molecule has 194 valence electrons. The summed E-state index contributed by atoms with van der Waals surface area (Å²) in [6, 6.07) is 10.9. The number of anilines is 2. The van der Waals surface area contributed by atoms with Crippen molar-refractivity contribution in [2.75, 3.05) is 24.4 Å². The van der Waals surface area contributed by atoms with Gasteiger partial charge in [-0.1, -0.05) is 58.5 Å². The Morgan fingerprint density at radius 3 is 2.00 bits per heavy atom. The van der Waals surface area contributed by atoms with Gasteiger partial charge in [-0.3, -0.25) is 14.4 Å². The molecule has 3 aliphatic rings. The maximum absolute atomic E-state index is 13.7. The maximum Gasteiger partial charge on any atom is 0.257 e. The summed E-state index contributed by atoms with van der Waals surface area (Å²) in [7, 11) is 2.93. The third-order valence-corrected chi connectivity index (χ3v) is 11.2. The van der Waals surface area contributed by atoms with E-state index in [0.717, 1.165) is 4.90 Å². The van der Waals surface area contributed by atoms with Gasteiger partial charge in [0.2, 0.25) is 11.8 Å². The molecule has 2 aromatic carbocycles. The van der Waals surface area contributed by atoms with Gasteiger partial charge in [0, 0.05) is 6.07 Å². The van der Waals surface area contributed by atoms with Gasteiger partial charge in [0.15, 0.2) is 4.33 Å². The molecule has 1 aliphatic heterocycles. The van der Waals surface area contributed by atoms with Gasteiger partial charge < -0.3 is 14.8 Å². The molecule has 5 rings (SSSR count). The molecule has 4 atom stereocenters. The molecular weight excluding hydrogens is 609 g/mol. The number of para-hydroxylation sites is 1. The van der Waals surface area contributed by atoms with Gasteiger partial charge >= 0.3 is 0 Å². The topological polar surface area (TPSA) is 84.9 Å². The molecule has 1 saturated heterocycles. The summed E-state index contributed by atoms with van der Waals surface area (Å²) < 4.78 is 8.48. The van der Waals surface area contributed by atoms with E-state index in [1.54, 1.807) is 30.3 Å². The number of carbonyl (C=O) groups is 3. The lowest BCUT2D eigenvalue weighted by atomic mass is 9.84. The van der Waals surface area contributed by atoms with E-state index in [1.807, 2.05) is 0 Å². The molecule has 1 heterocycles. The maximum atomic E-state index is 13.7. The van der Waals surface area contributed by atoms with Crippen molar-refractivity contribution in [2.24, 2.45) is 11.8 Å². The minimum atomic E-state index is -2.05. The van der Waals surface area contributed by atoms with E-state index in [9.17, 15) is 14.4 Å². The highest BCUT2D eigenvalue weighted by Crippen LogP contribution is 2.77. The lowest BCUT2D eigenvalue weighted by Gasteiger charge is -2.34. The minimum Gasteiger partial charge on any atom is -0.497 e. The zero-order valence-electron chi connectivity index (χ0n) is 19.0. The third-order valence-electron chi connectivity index (χ3n) is 6.95. The van der Waals surface area contributed by atoms with Crippen LogP contribution in [0.15, 0.2) is 52.5 Å². The molecule has 3 amide bonds. The third kappa shape index (κ3) is 3.25. The molecule has 7 nitrogen and oxygen atoms in total. The number of imide groups is 1. The Balaban J connectivity index is 1.56. The number of alkyl halides is 4. The fourth-order valence-electron chi connectivity index (χ4n) is 5.19. The standard InChI is InChI=1S/C24H16Cl6N2O5/c1-36-10-7-8-14(37-2)12(9-10)31-19(33)11-5-3-4-6-13(11)32-20(34)15-16(21(32)35)23(28)18(26)17(25)22(15,27)24(23,29)30/h3-9,15-16H,1-2H3,(H,31,33)/t15-,16-,22+,23+/m0/s1. The van der Waals surface area contributed by atoms with Crippen molar-refractivity contribution < 1.29 is 23.9 Å². The van der Waals surface area contributed by atoms with Crippen molar-refractivity contribution in [1.29, 1.82) is 0 Å². The van der Waals surface area contributed by atoms with E-state index in [4.69, 9.17) is 79.1 Å². The molecular formula is C24H16Cl6N2O5. The van der Waals surface area contributed by atoms with Crippen LogP contribution in [-0.4, -0.2) is 46.0 Å². The fourth-order valence-corrected chi connectivity index (χ4v) is 8.12. The van der Waals surface area contributed by atoms with Crippen molar-refractivity contribution in [3.8, 4) is 11.5 Å². The van der Waals surface area contributed by atoms with Crippen LogP contribution in [-0.2, 0) is 9.59 Å². The number of fused-ring (bicyclic) bond motifs is 5. The number of rotatable bonds is 5. The summed E-state index contributed by atoms with van der Waals surface area (Å²) in [5.41, 5.74) is 0.335. The van der Waals surface area contributed by atoms with Crippen LogP contribution in [0, 0.1) is 11.8 Å². The summed E-state index contributed by atoms with van der Waals surface area (Å²) in [6.07, 6.45) is 0. The van der Waals surface area contributed by atoms with Gasteiger partial charge in [-0.2, -0.15) is 0 Å². The normalized spacial score (nSPS) is 29.6. The van der Waals surface area contributed by atoms with E-state index in [1.165, 1.54) is 26.4 Å². The van der Waals surface area contributed by atoms with Gasteiger partial charge in [-0.15, -0.1) is 23.2 Å². The summed E-state index contributed by atoms with van der Waals surface area (Å²) >= 11 is 39.4. The first-order valence-corrected chi connectivity index (χ1v) is 13.0. The largest absolute Gasteiger partial charge is 0.497 e. The number of hydrogen-bond acceptors (Lipinski definition) is 5. The Morgan fingerprint density at radius 1 is 0.892 bits per heavy atom. The van der Waals surface area contributed by atoms with Crippen LogP contribution in [0.3, 0.4) is 0 Å². The average Bonchev–Trinajstić information content (AvgIpc) is 3.27. The van der Waals surface area contributed by atoms with Gasteiger partial charge in [-0.25, -0.2) is 4.90 Å².